The van der Waals surface area contributed by atoms with Gasteiger partial charge in [0.1, 0.15) is 5.75 Å². The number of amides is 1. The smallest absolute Gasteiger partial charge is 0.490 e. The van der Waals surface area contributed by atoms with Gasteiger partial charge in [0.25, 0.3) is 15.9 Å². The first kappa shape index (κ1) is 31.0. The summed E-state index contributed by atoms with van der Waals surface area (Å²) >= 11 is 0. The second-order valence-electron chi connectivity index (χ2n) is 9.24. The lowest BCUT2D eigenvalue weighted by atomic mass is 10.1. The Morgan fingerprint density at radius 3 is 2.23 bits per heavy atom. The number of benzene rings is 2. The molecule has 0 unspecified atom stereocenters. The minimum absolute atomic E-state index is 0.137. The van der Waals surface area contributed by atoms with Gasteiger partial charge >= 0.3 is 12.1 Å². The summed E-state index contributed by atoms with van der Waals surface area (Å²) < 4.78 is 66.2. The highest BCUT2D eigenvalue weighted by Gasteiger charge is 2.38. The van der Waals surface area contributed by atoms with E-state index in [4.69, 9.17) is 14.6 Å². The van der Waals surface area contributed by atoms with Crippen LogP contribution >= 0.6 is 0 Å². The molecule has 4 N–H and O–H groups in total. The van der Waals surface area contributed by atoms with Crippen LogP contribution in [0.25, 0.3) is 0 Å². The van der Waals surface area contributed by atoms with E-state index in [9.17, 15) is 26.4 Å². The monoisotopic (exact) mass is 586 g/mol. The maximum absolute atomic E-state index is 13.2. The highest BCUT2D eigenvalue weighted by Crippen LogP contribution is 2.31. The fraction of sp³-hybridized carbons (Fsp3) is 0.462. The van der Waals surface area contributed by atoms with E-state index in [-0.39, 0.29) is 16.8 Å². The minimum Gasteiger partial charge on any atom is -0.494 e. The van der Waals surface area contributed by atoms with Crippen molar-refractivity contribution in [1.82, 2.24) is 10.6 Å². The van der Waals surface area contributed by atoms with Gasteiger partial charge in [0.2, 0.25) is 0 Å². The van der Waals surface area contributed by atoms with Crippen LogP contribution in [0, 0.1) is 0 Å². The van der Waals surface area contributed by atoms with E-state index in [2.05, 4.69) is 20.3 Å². The van der Waals surface area contributed by atoms with Gasteiger partial charge in [0.15, 0.2) is 0 Å². The van der Waals surface area contributed by atoms with Crippen molar-refractivity contribution in [2.24, 2.45) is 0 Å². The predicted octanol–water partition coefficient (Wildman–Crippen LogP) is 3.60. The molecule has 0 aromatic heterocycles. The van der Waals surface area contributed by atoms with Crippen LogP contribution in [-0.4, -0.2) is 70.4 Å². The third kappa shape index (κ3) is 8.74. The number of nitrogens with one attached hydrogen (secondary N) is 3. The van der Waals surface area contributed by atoms with Crippen LogP contribution in [0.4, 0.5) is 24.5 Å². The van der Waals surface area contributed by atoms with Gasteiger partial charge in [-0.2, -0.15) is 13.2 Å². The molecular weight excluding hydrogens is 553 g/mol. The zero-order valence-corrected chi connectivity index (χ0v) is 22.8. The topological polar surface area (TPSA) is 137 Å². The van der Waals surface area contributed by atoms with E-state index in [1.807, 2.05) is 13.0 Å². The number of rotatable bonds is 8. The van der Waals surface area contributed by atoms with Gasteiger partial charge in [0, 0.05) is 37.8 Å². The number of anilines is 2. The summed E-state index contributed by atoms with van der Waals surface area (Å²) in [6.07, 6.45) is -0.857. The molecule has 1 saturated heterocycles. The third-order valence-electron chi connectivity index (χ3n) is 6.34. The zero-order chi connectivity index (χ0) is 29.3. The molecule has 1 aliphatic carbocycles. The summed E-state index contributed by atoms with van der Waals surface area (Å²) in [6.45, 7) is 5.52. The van der Waals surface area contributed by atoms with E-state index >= 15 is 0 Å². The highest BCUT2D eigenvalue weighted by atomic mass is 32.2. The van der Waals surface area contributed by atoms with Crippen LogP contribution in [0.15, 0.2) is 47.4 Å². The molecule has 1 heterocycles. The lowest BCUT2D eigenvalue weighted by Gasteiger charge is -2.31. The standard InChI is InChI=1S/C24H32N4O4S.C2HF3O2/c1-2-32-20-8-10-21(11-9-20)33(30,31)27-22-17-18(24(29)26-19-5-3-4-6-19)7-12-23(22)28-15-13-25-14-16-28;3-2(4,5)1(6)7/h7-12,17,19,25,27H,2-6,13-16H2,1H3,(H,26,29);(H,6,7). The molecule has 2 aromatic rings. The zero-order valence-electron chi connectivity index (χ0n) is 22.0. The molecule has 0 radical (unpaired) electrons. The first-order chi connectivity index (χ1) is 18.9. The number of carbonyl (C=O) groups excluding carboxylic acids is 1. The Labute approximate surface area is 230 Å². The number of hydrogen-bond acceptors (Lipinski definition) is 7. The highest BCUT2D eigenvalue weighted by molar-refractivity contribution is 7.92. The molecule has 1 aliphatic heterocycles. The average Bonchev–Trinajstić information content (AvgIpc) is 3.42. The summed E-state index contributed by atoms with van der Waals surface area (Å²) in [5.41, 5.74) is 1.62. The maximum Gasteiger partial charge on any atom is 0.490 e. The fourth-order valence-corrected chi connectivity index (χ4v) is 5.43. The Morgan fingerprint density at radius 2 is 1.68 bits per heavy atom. The number of ether oxygens (including phenoxy) is 1. The number of halogens is 3. The van der Waals surface area contributed by atoms with Gasteiger partial charge in [0.05, 0.1) is 22.9 Å². The number of alkyl halides is 3. The molecule has 40 heavy (non-hydrogen) atoms. The number of aliphatic carboxylic acids is 1. The van der Waals surface area contributed by atoms with Gasteiger partial charge in [-0.1, -0.05) is 12.8 Å². The molecular formula is C26H33F3N4O6S. The van der Waals surface area contributed by atoms with Crippen LogP contribution in [0.1, 0.15) is 43.0 Å². The first-order valence-electron chi connectivity index (χ1n) is 12.9. The average molecular weight is 587 g/mol. The molecule has 0 atom stereocenters. The van der Waals surface area contributed by atoms with Crippen LogP contribution in [-0.2, 0) is 14.8 Å². The van der Waals surface area contributed by atoms with E-state index in [1.165, 1.54) is 12.1 Å². The summed E-state index contributed by atoms with van der Waals surface area (Å²) in [6, 6.07) is 11.8. The molecule has 0 spiro atoms. The molecule has 1 saturated carbocycles. The van der Waals surface area contributed by atoms with Crippen LogP contribution in [0.5, 0.6) is 5.75 Å². The van der Waals surface area contributed by atoms with Gasteiger partial charge in [-0.3, -0.25) is 9.52 Å². The number of hydrogen-bond donors (Lipinski definition) is 4. The Bertz CT molecular complexity index is 1260. The van der Waals surface area contributed by atoms with Crippen molar-refractivity contribution >= 4 is 33.3 Å². The summed E-state index contributed by atoms with van der Waals surface area (Å²) in [5.74, 6) is -2.31. The van der Waals surface area contributed by atoms with Crippen molar-refractivity contribution in [3.05, 3.63) is 48.0 Å². The van der Waals surface area contributed by atoms with Gasteiger partial charge in [-0.05, 0) is 62.2 Å². The second kappa shape index (κ2) is 13.7. The molecule has 220 valence electrons. The van der Waals surface area contributed by atoms with Gasteiger partial charge < -0.3 is 25.4 Å². The molecule has 2 fully saturated rings. The van der Waals surface area contributed by atoms with Crippen molar-refractivity contribution in [2.45, 2.75) is 49.7 Å². The van der Waals surface area contributed by atoms with Crippen molar-refractivity contribution in [1.29, 1.82) is 0 Å². The molecule has 0 bridgehead atoms. The van der Waals surface area contributed by atoms with E-state index in [1.54, 1.807) is 24.3 Å². The Morgan fingerprint density at radius 1 is 1.07 bits per heavy atom. The van der Waals surface area contributed by atoms with Crippen LogP contribution in [0.3, 0.4) is 0 Å². The molecule has 2 aromatic carbocycles. The lowest BCUT2D eigenvalue weighted by Crippen LogP contribution is -2.43. The molecule has 1 amide bonds. The molecule has 2 aliphatic rings. The van der Waals surface area contributed by atoms with E-state index in [0.717, 1.165) is 57.5 Å². The maximum atomic E-state index is 13.2. The Kier molecular flexibility index (Phi) is 10.6. The number of piperazine rings is 1. The number of nitrogens with zero attached hydrogens (tertiary/aromatic N) is 1. The van der Waals surface area contributed by atoms with Gasteiger partial charge in [-0.15, -0.1) is 0 Å². The first-order valence-corrected chi connectivity index (χ1v) is 14.4. The summed E-state index contributed by atoms with van der Waals surface area (Å²) in [7, 11) is -3.85. The summed E-state index contributed by atoms with van der Waals surface area (Å²) in [5, 5.41) is 13.5. The predicted molar refractivity (Wildman–Crippen MR) is 143 cm³/mol. The van der Waals surface area contributed by atoms with Crippen molar-refractivity contribution in [3.8, 4) is 5.75 Å². The largest absolute Gasteiger partial charge is 0.494 e. The quantitative estimate of drug-likeness (QED) is 0.368. The second-order valence-corrected chi connectivity index (χ2v) is 10.9. The Hall–Kier alpha value is -3.52. The normalized spacial score (nSPS) is 16.1. The Balaban J connectivity index is 0.000000559. The van der Waals surface area contributed by atoms with Crippen LogP contribution in [0.2, 0.25) is 0 Å². The number of carboxylic acid groups (broad SMARTS) is 1. The van der Waals surface area contributed by atoms with Crippen LogP contribution < -0.4 is 25.0 Å². The fourth-order valence-electron chi connectivity index (χ4n) is 4.36. The van der Waals surface area contributed by atoms with Crippen molar-refractivity contribution in [2.75, 3.05) is 42.4 Å². The molecule has 14 heteroatoms. The van der Waals surface area contributed by atoms with Crippen molar-refractivity contribution in [3.63, 3.8) is 0 Å². The van der Waals surface area contributed by atoms with Gasteiger partial charge in [-0.25, -0.2) is 13.2 Å². The lowest BCUT2D eigenvalue weighted by molar-refractivity contribution is -0.192. The minimum atomic E-state index is -5.08. The SMILES string of the molecule is CCOc1ccc(S(=O)(=O)Nc2cc(C(=O)NC3CCCC3)ccc2N2CCNCC2)cc1.O=C(O)C(F)(F)F. The third-order valence-corrected chi connectivity index (χ3v) is 7.72. The van der Waals surface area contributed by atoms with Crippen molar-refractivity contribution < 1.29 is 41.0 Å². The number of carboxylic acids is 1. The summed E-state index contributed by atoms with van der Waals surface area (Å²) in [4.78, 5) is 24.0. The molecule has 10 nitrogen and oxygen atoms in total. The number of carbonyl (C=O) groups is 2. The number of sulfonamides is 1. The van der Waals surface area contributed by atoms with E-state index < -0.39 is 22.2 Å². The molecule has 4 rings (SSSR count). The van der Waals surface area contributed by atoms with E-state index in [0.29, 0.717) is 23.6 Å².